The molecule has 0 bridgehead atoms. The summed E-state index contributed by atoms with van der Waals surface area (Å²) in [6.45, 7) is 4.85. The number of para-hydroxylation sites is 1. The van der Waals surface area contributed by atoms with Gasteiger partial charge in [-0.2, -0.15) is 0 Å². The summed E-state index contributed by atoms with van der Waals surface area (Å²) < 4.78 is 5.91. The second-order valence-electron chi connectivity index (χ2n) is 6.99. The monoisotopic (exact) mass is 350 g/mol. The maximum atomic E-state index is 12.8. The van der Waals surface area contributed by atoms with E-state index in [9.17, 15) is 9.59 Å². The average molecular weight is 350 g/mol. The first-order chi connectivity index (χ1) is 12.5. The fraction of sp³-hybridized carbons (Fsp3) is 0.333. The van der Waals surface area contributed by atoms with E-state index >= 15 is 0 Å². The molecular formula is C21H22N2O3. The first-order valence-electron chi connectivity index (χ1n) is 9.06. The van der Waals surface area contributed by atoms with Crippen LogP contribution in [0.25, 0.3) is 0 Å². The van der Waals surface area contributed by atoms with Crippen molar-refractivity contribution in [3.05, 3.63) is 53.6 Å². The van der Waals surface area contributed by atoms with Gasteiger partial charge in [-0.25, -0.2) is 0 Å². The molecule has 1 fully saturated rings. The van der Waals surface area contributed by atoms with Crippen LogP contribution < -0.4 is 15.0 Å². The largest absolute Gasteiger partial charge is 0.489 e. The van der Waals surface area contributed by atoms with E-state index in [2.05, 4.69) is 12.2 Å². The van der Waals surface area contributed by atoms with E-state index in [-0.39, 0.29) is 23.8 Å². The third kappa shape index (κ3) is 2.83. The number of nitrogens with zero attached hydrogens (tertiary/aromatic N) is 1. The topological polar surface area (TPSA) is 58.6 Å². The lowest BCUT2D eigenvalue weighted by Crippen LogP contribution is -2.23. The smallest absolute Gasteiger partial charge is 0.259 e. The van der Waals surface area contributed by atoms with Gasteiger partial charge in [0.15, 0.2) is 0 Å². The van der Waals surface area contributed by atoms with Gasteiger partial charge < -0.3 is 15.0 Å². The van der Waals surface area contributed by atoms with Crippen molar-refractivity contribution in [3.63, 3.8) is 0 Å². The molecule has 0 spiro atoms. The maximum absolute atomic E-state index is 12.8. The van der Waals surface area contributed by atoms with Gasteiger partial charge in [0.25, 0.3) is 5.91 Å². The van der Waals surface area contributed by atoms with Gasteiger partial charge in [-0.15, -0.1) is 0 Å². The number of hydrogen-bond acceptors (Lipinski definition) is 3. The highest BCUT2D eigenvalue weighted by molar-refractivity contribution is 6.07. The molecular weight excluding hydrogens is 328 g/mol. The molecule has 2 aromatic rings. The molecule has 2 amide bonds. The Kier molecular flexibility index (Phi) is 4.15. The molecule has 0 radical (unpaired) electrons. The SMILES string of the molecule is C[C@@H]1c2cccc(C(=O)Nc3cccc(N4CCCC4=O)c3)c2O[C@@H]1C. The van der Waals surface area contributed by atoms with Crippen molar-refractivity contribution >= 4 is 23.2 Å². The first kappa shape index (κ1) is 16.6. The van der Waals surface area contributed by atoms with Crippen molar-refractivity contribution in [2.24, 2.45) is 0 Å². The lowest BCUT2D eigenvalue weighted by atomic mass is 9.97. The van der Waals surface area contributed by atoms with Crippen LogP contribution in [0.3, 0.4) is 0 Å². The van der Waals surface area contributed by atoms with Crippen molar-refractivity contribution in [1.82, 2.24) is 0 Å². The Labute approximate surface area is 153 Å². The maximum Gasteiger partial charge on any atom is 0.259 e. The van der Waals surface area contributed by atoms with E-state index in [1.54, 1.807) is 11.0 Å². The fourth-order valence-electron chi connectivity index (χ4n) is 3.64. The summed E-state index contributed by atoms with van der Waals surface area (Å²) in [5.74, 6) is 0.872. The van der Waals surface area contributed by atoms with E-state index in [1.807, 2.05) is 43.3 Å². The summed E-state index contributed by atoms with van der Waals surface area (Å²) in [6.07, 6.45) is 1.52. The second-order valence-corrected chi connectivity index (χ2v) is 6.99. The normalized spacial score (nSPS) is 21.5. The zero-order valence-corrected chi connectivity index (χ0v) is 15.0. The number of carbonyl (C=O) groups excluding carboxylic acids is 2. The molecule has 0 aliphatic carbocycles. The third-order valence-electron chi connectivity index (χ3n) is 5.28. The molecule has 0 saturated carbocycles. The molecule has 0 aromatic heterocycles. The zero-order chi connectivity index (χ0) is 18.3. The first-order valence-corrected chi connectivity index (χ1v) is 9.06. The molecule has 134 valence electrons. The summed E-state index contributed by atoms with van der Waals surface area (Å²) in [6, 6.07) is 13.1. The molecule has 1 saturated heterocycles. The zero-order valence-electron chi connectivity index (χ0n) is 15.0. The van der Waals surface area contributed by atoms with Crippen LogP contribution in [0.4, 0.5) is 11.4 Å². The Bertz CT molecular complexity index is 877. The van der Waals surface area contributed by atoms with Crippen LogP contribution in [0.1, 0.15) is 48.5 Å². The number of anilines is 2. The molecule has 4 rings (SSSR count). The average Bonchev–Trinajstić information content (AvgIpc) is 3.19. The molecule has 26 heavy (non-hydrogen) atoms. The van der Waals surface area contributed by atoms with Crippen LogP contribution in [-0.4, -0.2) is 24.5 Å². The molecule has 5 nitrogen and oxygen atoms in total. The van der Waals surface area contributed by atoms with E-state index in [4.69, 9.17) is 4.74 Å². The molecule has 2 aromatic carbocycles. The van der Waals surface area contributed by atoms with Crippen molar-refractivity contribution < 1.29 is 14.3 Å². The van der Waals surface area contributed by atoms with Crippen LogP contribution in [-0.2, 0) is 4.79 Å². The summed E-state index contributed by atoms with van der Waals surface area (Å²) >= 11 is 0. The van der Waals surface area contributed by atoms with Gasteiger partial charge >= 0.3 is 0 Å². The number of ether oxygens (including phenoxy) is 1. The Morgan fingerprint density at radius 3 is 2.77 bits per heavy atom. The lowest BCUT2D eigenvalue weighted by Gasteiger charge is -2.17. The molecule has 2 heterocycles. The molecule has 2 aliphatic rings. The summed E-state index contributed by atoms with van der Waals surface area (Å²) in [4.78, 5) is 26.5. The predicted octanol–water partition coefficient (Wildman–Crippen LogP) is 3.95. The summed E-state index contributed by atoms with van der Waals surface area (Å²) in [7, 11) is 0. The van der Waals surface area contributed by atoms with Gasteiger partial charge in [0.05, 0.1) is 5.56 Å². The molecule has 2 atom stereocenters. The van der Waals surface area contributed by atoms with Crippen LogP contribution in [0.2, 0.25) is 0 Å². The number of hydrogen-bond donors (Lipinski definition) is 1. The molecule has 5 heteroatoms. The van der Waals surface area contributed by atoms with Crippen molar-refractivity contribution in [1.29, 1.82) is 0 Å². The van der Waals surface area contributed by atoms with Gasteiger partial charge in [-0.1, -0.05) is 25.1 Å². The van der Waals surface area contributed by atoms with Gasteiger partial charge in [-0.3, -0.25) is 9.59 Å². The van der Waals surface area contributed by atoms with Crippen molar-refractivity contribution in [2.45, 2.75) is 38.7 Å². The summed E-state index contributed by atoms with van der Waals surface area (Å²) in [5, 5.41) is 2.94. The predicted molar refractivity (Wildman–Crippen MR) is 101 cm³/mol. The Morgan fingerprint density at radius 1 is 1.19 bits per heavy atom. The minimum atomic E-state index is -0.201. The standard InChI is InChI=1S/C21H22N2O3/c1-13-14(2)26-20-17(13)8-4-9-18(20)21(25)22-15-6-3-7-16(12-15)23-11-5-10-19(23)24/h3-4,6-9,12-14H,5,10-11H2,1-2H3,(H,22,25)/t13-,14+/m0/s1. The molecule has 2 aliphatic heterocycles. The van der Waals surface area contributed by atoms with E-state index in [0.717, 1.165) is 24.2 Å². The minimum Gasteiger partial charge on any atom is -0.489 e. The highest BCUT2D eigenvalue weighted by atomic mass is 16.5. The number of nitrogens with one attached hydrogen (secondary N) is 1. The minimum absolute atomic E-state index is 0.0588. The number of fused-ring (bicyclic) bond motifs is 1. The van der Waals surface area contributed by atoms with Gasteiger partial charge in [0, 0.05) is 35.8 Å². The van der Waals surface area contributed by atoms with Gasteiger partial charge in [0.2, 0.25) is 5.91 Å². The van der Waals surface area contributed by atoms with Crippen molar-refractivity contribution in [2.75, 3.05) is 16.8 Å². The van der Waals surface area contributed by atoms with Crippen LogP contribution in [0, 0.1) is 0 Å². The van der Waals surface area contributed by atoms with Crippen LogP contribution in [0.5, 0.6) is 5.75 Å². The number of benzene rings is 2. The number of amides is 2. The third-order valence-corrected chi connectivity index (χ3v) is 5.28. The second kappa shape index (κ2) is 6.48. The fourth-order valence-corrected chi connectivity index (χ4v) is 3.64. The number of carbonyl (C=O) groups is 2. The van der Waals surface area contributed by atoms with Crippen LogP contribution in [0.15, 0.2) is 42.5 Å². The van der Waals surface area contributed by atoms with Gasteiger partial charge in [0.1, 0.15) is 11.9 Å². The van der Waals surface area contributed by atoms with Crippen LogP contribution >= 0.6 is 0 Å². The highest BCUT2D eigenvalue weighted by Crippen LogP contribution is 2.40. The van der Waals surface area contributed by atoms with E-state index in [0.29, 0.717) is 23.4 Å². The van der Waals surface area contributed by atoms with Gasteiger partial charge in [-0.05, 0) is 37.6 Å². The van der Waals surface area contributed by atoms with E-state index < -0.39 is 0 Å². The highest BCUT2D eigenvalue weighted by Gasteiger charge is 2.31. The summed E-state index contributed by atoms with van der Waals surface area (Å²) in [5.41, 5.74) is 3.11. The Hall–Kier alpha value is -2.82. The number of rotatable bonds is 3. The quantitative estimate of drug-likeness (QED) is 0.912. The van der Waals surface area contributed by atoms with E-state index in [1.165, 1.54) is 0 Å². The lowest BCUT2D eigenvalue weighted by molar-refractivity contribution is -0.117. The Balaban J connectivity index is 1.58. The molecule has 1 N–H and O–H groups in total. The van der Waals surface area contributed by atoms with Crippen molar-refractivity contribution in [3.8, 4) is 5.75 Å². The Morgan fingerprint density at radius 2 is 2.00 bits per heavy atom. The molecule has 0 unspecified atom stereocenters.